The third kappa shape index (κ3) is 5.06. The number of hydrogen-bond acceptors (Lipinski definition) is 4. The zero-order valence-electron chi connectivity index (χ0n) is 13.6. The van der Waals surface area contributed by atoms with Crippen LogP contribution >= 0.6 is 22.9 Å². The van der Waals surface area contributed by atoms with Crippen molar-refractivity contribution in [1.82, 2.24) is 15.5 Å². The van der Waals surface area contributed by atoms with Crippen LogP contribution < -0.4 is 10.6 Å². The van der Waals surface area contributed by atoms with E-state index >= 15 is 0 Å². The van der Waals surface area contributed by atoms with Gasteiger partial charge in [-0.15, -0.1) is 0 Å². The molecular formula is C17H20ClN3O2S. The van der Waals surface area contributed by atoms with Crippen molar-refractivity contribution in [2.24, 2.45) is 0 Å². The second kappa shape index (κ2) is 8.82. The van der Waals surface area contributed by atoms with Gasteiger partial charge in [-0.1, -0.05) is 29.8 Å². The summed E-state index contributed by atoms with van der Waals surface area (Å²) in [6.45, 7) is 0.579. The Kier molecular flexibility index (Phi) is 6.78. The first-order valence-electron chi connectivity index (χ1n) is 7.47. The summed E-state index contributed by atoms with van der Waals surface area (Å²) >= 11 is 7.63. The van der Waals surface area contributed by atoms with Gasteiger partial charge in [-0.05, 0) is 48.1 Å². The Bertz CT molecular complexity index is 689. The smallest absolute Gasteiger partial charge is 0.309 e. The van der Waals surface area contributed by atoms with Crippen LogP contribution in [0.15, 0.2) is 41.1 Å². The van der Waals surface area contributed by atoms with Crippen molar-refractivity contribution in [2.45, 2.75) is 12.6 Å². The first kappa shape index (κ1) is 18.4. The molecule has 0 saturated carbocycles. The number of nitrogens with zero attached hydrogens (tertiary/aromatic N) is 1. The number of carbonyl (C=O) groups excluding carboxylic acids is 2. The summed E-state index contributed by atoms with van der Waals surface area (Å²) in [7, 11) is 3.87. The monoisotopic (exact) mass is 365 g/mol. The fourth-order valence-electron chi connectivity index (χ4n) is 2.23. The van der Waals surface area contributed by atoms with Crippen LogP contribution in [-0.2, 0) is 16.1 Å². The van der Waals surface area contributed by atoms with Crippen molar-refractivity contribution in [3.8, 4) is 0 Å². The van der Waals surface area contributed by atoms with Crippen LogP contribution in [0.25, 0.3) is 0 Å². The van der Waals surface area contributed by atoms with E-state index in [1.165, 1.54) is 0 Å². The Hall–Kier alpha value is -1.89. The second-order valence-corrected chi connectivity index (χ2v) is 6.71. The number of rotatable bonds is 6. The van der Waals surface area contributed by atoms with Gasteiger partial charge in [-0.3, -0.25) is 9.59 Å². The molecule has 2 aromatic rings. The lowest BCUT2D eigenvalue weighted by atomic mass is 10.1. The number of halogens is 1. The van der Waals surface area contributed by atoms with Gasteiger partial charge in [0.05, 0.1) is 6.04 Å². The van der Waals surface area contributed by atoms with E-state index in [-0.39, 0.29) is 12.6 Å². The number of likely N-dealkylation sites (N-methyl/N-ethyl adjacent to an activating group) is 1. The highest BCUT2D eigenvalue weighted by Gasteiger charge is 2.19. The minimum absolute atomic E-state index is 0.0246. The SMILES string of the molecule is CN(C)C(CNC(=O)C(=O)NCc1ccccc1Cl)c1ccsc1. The number of benzene rings is 1. The molecule has 0 aliphatic carbocycles. The lowest BCUT2D eigenvalue weighted by molar-refractivity contribution is -0.139. The van der Waals surface area contributed by atoms with Gasteiger partial charge in [0.15, 0.2) is 0 Å². The topological polar surface area (TPSA) is 61.4 Å². The number of amides is 2. The van der Waals surface area contributed by atoms with Crippen LogP contribution in [0.3, 0.4) is 0 Å². The molecule has 0 saturated heterocycles. The summed E-state index contributed by atoms with van der Waals surface area (Å²) in [5, 5.41) is 9.85. The summed E-state index contributed by atoms with van der Waals surface area (Å²) in [6.07, 6.45) is 0. The predicted molar refractivity (Wildman–Crippen MR) is 97.1 cm³/mol. The molecule has 1 unspecified atom stereocenters. The molecule has 0 radical (unpaired) electrons. The van der Waals surface area contributed by atoms with Gasteiger partial charge in [0.25, 0.3) is 0 Å². The average Bonchev–Trinajstić information content (AvgIpc) is 3.07. The van der Waals surface area contributed by atoms with E-state index in [0.717, 1.165) is 11.1 Å². The van der Waals surface area contributed by atoms with Crippen LogP contribution in [0.5, 0.6) is 0 Å². The summed E-state index contributed by atoms with van der Waals surface area (Å²) in [5.41, 5.74) is 1.88. The lowest BCUT2D eigenvalue weighted by Crippen LogP contribution is -2.42. The molecule has 1 heterocycles. The molecular weight excluding hydrogens is 346 g/mol. The normalized spacial score (nSPS) is 12.0. The van der Waals surface area contributed by atoms with Gasteiger partial charge >= 0.3 is 11.8 Å². The van der Waals surface area contributed by atoms with E-state index < -0.39 is 11.8 Å². The zero-order valence-corrected chi connectivity index (χ0v) is 15.2. The van der Waals surface area contributed by atoms with E-state index in [0.29, 0.717) is 11.6 Å². The maximum atomic E-state index is 12.0. The van der Waals surface area contributed by atoms with Crippen molar-refractivity contribution in [3.05, 3.63) is 57.2 Å². The van der Waals surface area contributed by atoms with Crippen LogP contribution in [0.2, 0.25) is 5.02 Å². The predicted octanol–water partition coefficient (Wildman–Crippen LogP) is 2.44. The Morgan fingerprint density at radius 2 is 1.88 bits per heavy atom. The molecule has 1 atom stereocenters. The quantitative estimate of drug-likeness (QED) is 0.773. The van der Waals surface area contributed by atoms with Crippen LogP contribution in [0.1, 0.15) is 17.2 Å². The molecule has 0 bridgehead atoms. The Labute approximate surface area is 150 Å². The summed E-state index contributed by atoms with van der Waals surface area (Å²) in [5.74, 6) is -1.32. The van der Waals surface area contributed by atoms with Crippen LogP contribution in [-0.4, -0.2) is 37.4 Å². The fourth-order valence-corrected chi connectivity index (χ4v) is 3.14. The Morgan fingerprint density at radius 3 is 2.50 bits per heavy atom. The largest absolute Gasteiger partial charge is 0.346 e. The van der Waals surface area contributed by atoms with E-state index in [9.17, 15) is 9.59 Å². The summed E-state index contributed by atoms with van der Waals surface area (Å²) in [6, 6.07) is 9.22. The maximum Gasteiger partial charge on any atom is 0.309 e. The molecule has 2 rings (SSSR count). The summed E-state index contributed by atoms with van der Waals surface area (Å²) in [4.78, 5) is 25.9. The number of nitrogens with one attached hydrogen (secondary N) is 2. The third-order valence-corrected chi connectivity index (χ3v) is 4.68. The van der Waals surface area contributed by atoms with Crippen molar-refractivity contribution in [3.63, 3.8) is 0 Å². The Morgan fingerprint density at radius 1 is 1.17 bits per heavy atom. The van der Waals surface area contributed by atoms with Crippen molar-refractivity contribution < 1.29 is 9.59 Å². The molecule has 0 aliphatic rings. The molecule has 7 heteroatoms. The minimum atomic E-state index is -0.669. The fraction of sp³-hybridized carbons (Fsp3) is 0.294. The maximum absolute atomic E-state index is 12.0. The number of hydrogen-bond donors (Lipinski definition) is 2. The van der Waals surface area contributed by atoms with Gasteiger partial charge in [0, 0.05) is 18.1 Å². The highest BCUT2D eigenvalue weighted by Crippen LogP contribution is 2.19. The van der Waals surface area contributed by atoms with Gasteiger partial charge in [0.1, 0.15) is 0 Å². The molecule has 5 nitrogen and oxygen atoms in total. The molecule has 2 N–H and O–H groups in total. The van der Waals surface area contributed by atoms with Gasteiger partial charge in [0.2, 0.25) is 0 Å². The zero-order chi connectivity index (χ0) is 17.5. The highest BCUT2D eigenvalue weighted by molar-refractivity contribution is 7.07. The molecule has 128 valence electrons. The third-order valence-electron chi connectivity index (χ3n) is 3.61. The van der Waals surface area contributed by atoms with Crippen LogP contribution in [0, 0.1) is 0 Å². The summed E-state index contributed by atoms with van der Waals surface area (Å²) < 4.78 is 0. The van der Waals surface area contributed by atoms with Gasteiger partial charge in [-0.2, -0.15) is 11.3 Å². The number of carbonyl (C=O) groups is 2. The molecule has 1 aromatic carbocycles. The van der Waals surface area contributed by atoms with Crippen molar-refractivity contribution >= 4 is 34.8 Å². The molecule has 2 amide bonds. The first-order chi connectivity index (χ1) is 11.5. The van der Waals surface area contributed by atoms with Crippen molar-refractivity contribution in [2.75, 3.05) is 20.6 Å². The van der Waals surface area contributed by atoms with E-state index in [2.05, 4.69) is 10.6 Å². The number of thiophene rings is 1. The van der Waals surface area contributed by atoms with Gasteiger partial charge in [-0.25, -0.2) is 0 Å². The van der Waals surface area contributed by atoms with Crippen LogP contribution in [0.4, 0.5) is 0 Å². The van der Waals surface area contributed by atoms with E-state index in [1.807, 2.05) is 48.0 Å². The average molecular weight is 366 g/mol. The molecule has 1 aromatic heterocycles. The molecule has 0 aliphatic heterocycles. The Balaban J connectivity index is 1.85. The second-order valence-electron chi connectivity index (χ2n) is 5.52. The van der Waals surface area contributed by atoms with Gasteiger partial charge < -0.3 is 15.5 Å². The van der Waals surface area contributed by atoms with Crippen molar-refractivity contribution in [1.29, 1.82) is 0 Å². The molecule has 0 spiro atoms. The van der Waals surface area contributed by atoms with E-state index in [4.69, 9.17) is 11.6 Å². The lowest BCUT2D eigenvalue weighted by Gasteiger charge is -2.23. The highest BCUT2D eigenvalue weighted by atomic mass is 35.5. The minimum Gasteiger partial charge on any atom is -0.346 e. The molecule has 24 heavy (non-hydrogen) atoms. The first-order valence-corrected chi connectivity index (χ1v) is 8.79. The standard InChI is InChI=1S/C17H20ClN3O2S/c1-21(2)15(13-7-8-24-11-13)10-20-17(23)16(22)19-9-12-5-3-4-6-14(12)18/h3-8,11,15H,9-10H2,1-2H3,(H,19,22)(H,20,23). The van der Waals surface area contributed by atoms with E-state index in [1.54, 1.807) is 23.5 Å². The molecule has 0 fully saturated rings.